The summed E-state index contributed by atoms with van der Waals surface area (Å²) >= 11 is 7.24. The fourth-order valence-electron chi connectivity index (χ4n) is 1.60. The molecule has 0 bridgehead atoms. The molecule has 1 aliphatic carbocycles. The molecule has 2 rings (SSSR count). The molecule has 14 heavy (non-hydrogen) atoms. The van der Waals surface area contributed by atoms with Crippen LogP contribution in [-0.2, 0) is 11.4 Å². The molecule has 0 amide bonds. The normalized spacial score (nSPS) is 17.8. The molecule has 0 saturated heterocycles. The van der Waals surface area contributed by atoms with Crippen LogP contribution in [0.1, 0.15) is 30.7 Å². The van der Waals surface area contributed by atoms with Crippen LogP contribution in [0.4, 0.5) is 0 Å². The minimum atomic E-state index is 0.394. The third kappa shape index (κ3) is 2.92. The predicted molar refractivity (Wildman–Crippen MR) is 57.3 cm³/mol. The van der Waals surface area contributed by atoms with Crippen LogP contribution in [-0.4, -0.2) is 11.1 Å². The second kappa shape index (κ2) is 5.07. The number of aromatic nitrogens is 1. The van der Waals surface area contributed by atoms with Crippen LogP contribution in [0, 0.1) is 0 Å². The van der Waals surface area contributed by atoms with Gasteiger partial charge in [-0.15, -0.1) is 11.3 Å². The van der Waals surface area contributed by atoms with Crippen molar-refractivity contribution in [3.63, 3.8) is 0 Å². The third-order valence-electron chi connectivity index (χ3n) is 2.30. The van der Waals surface area contributed by atoms with E-state index in [4.69, 9.17) is 16.4 Å². The van der Waals surface area contributed by atoms with Crippen LogP contribution in [0.25, 0.3) is 0 Å². The molecule has 1 aliphatic rings. The van der Waals surface area contributed by atoms with Gasteiger partial charge < -0.3 is 0 Å². The molecule has 0 radical (unpaired) electrons. The Balaban J connectivity index is 1.67. The van der Waals surface area contributed by atoms with Crippen molar-refractivity contribution in [3.8, 4) is 0 Å². The Morgan fingerprint density at radius 3 is 3.00 bits per heavy atom. The predicted octanol–water partition coefficient (Wildman–Crippen LogP) is 2.76. The standard InChI is InChI=1S/C9H13ClN2OS/c10-8-5-11-9(14-8)6-12-13-7-3-1-2-4-7/h5,7,12H,1-4,6H2. The fraction of sp³-hybridized carbons (Fsp3) is 0.667. The Morgan fingerprint density at radius 2 is 2.36 bits per heavy atom. The summed E-state index contributed by atoms with van der Waals surface area (Å²) in [6.45, 7) is 0.647. The number of rotatable bonds is 4. The first-order chi connectivity index (χ1) is 6.84. The Kier molecular flexibility index (Phi) is 3.75. The minimum absolute atomic E-state index is 0.394. The molecule has 1 fully saturated rings. The average molecular weight is 233 g/mol. The summed E-state index contributed by atoms with van der Waals surface area (Å²) in [5.74, 6) is 0. The first-order valence-electron chi connectivity index (χ1n) is 4.83. The van der Waals surface area contributed by atoms with Crippen molar-refractivity contribution < 1.29 is 4.84 Å². The first kappa shape index (κ1) is 10.4. The van der Waals surface area contributed by atoms with E-state index in [-0.39, 0.29) is 0 Å². The van der Waals surface area contributed by atoms with Gasteiger partial charge in [0, 0.05) is 0 Å². The van der Waals surface area contributed by atoms with Crippen molar-refractivity contribution in [2.24, 2.45) is 0 Å². The lowest BCUT2D eigenvalue weighted by Crippen LogP contribution is -2.21. The van der Waals surface area contributed by atoms with E-state index in [1.165, 1.54) is 37.0 Å². The van der Waals surface area contributed by atoms with Crippen LogP contribution in [0.3, 0.4) is 0 Å². The quantitative estimate of drug-likeness (QED) is 0.811. The molecule has 5 heteroatoms. The number of hydrogen-bond donors (Lipinski definition) is 1. The van der Waals surface area contributed by atoms with Crippen LogP contribution < -0.4 is 5.48 Å². The number of hydrogen-bond acceptors (Lipinski definition) is 4. The maximum absolute atomic E-state index is 5.75. The average Bonchev–Trinajstić information content (AvgIpc) is 2.77. The fourth-order valence-corrected chi connectivity index (χ4v) is 2.48. The Bertz CT molecular complexity index is 286. The summed E-state index contributed by atoms with van der Waals surface area (Å²) in [6.07, 6.45) is 6.98. The maximum atomic E-state index is 5.75. The summed E-state index contributed by atoms with van der Waals surface area (Å²) < 4.78 is 0.725. The van der Waals surface area contributed by atoms with E-state index in [9.17, 15) is 0 Å². The maximum Gasteiger partial charge on any atom is 0.113 e. The van der Waals surface area contributed by atoms with Crippen molar-refractivity contribution in [1.29, 1.82) is 0 Å². The van der Waals surface area contributed by atoms with Gasteiger partial charge in [-0.1, -0.05) is 24.4 Å². The molecule has 1 saturated carbocycles. The Morgan fingerprint density at radius 1 is 1.57 bits per heavy atom. The number of halogens is 1. The van der Waals surface area contributed by atoms with E-state index >= 15 is 0 Å². The highest BCUT2D eigenvalue weighted by molar-refractivity contribution is 7.15. The minimum Gasteiger partial charge on any atom is -0.298 e. The van der Waals surface area contributed by atoms with Crippen LogP contribution in [0.5, 0.6) is 0 Å². The van der Waals surface area contributed by atoms with Crippen molar-refractivity contribution in [2.75, 3.05) is 0 Å². The lowest BCUT2D eigenvalue weighted by molar-refractivity contribution is -0.0244. The molecule has 0 unspecified atom stereocenters. The summed E-state index contributed by atoms with van der Waals surface area (Å²) in [5.41, 5.74) is 2.95. The molecular weight excluding hydrogens is 220 g/mol. The van der Waals surface area contributed by atoms with Gasteiger partial charge in [-0.2, -0.15) is 5.48 Å². The highest BCUT2D eigenvalue weighted by Crippen LogP contribution is 2.21. The summed E-state index contributed by atoms with van der Waals surface area (Å²) in [5, 5.41) is 0.966. The molecule has 0 aliphatic heterocycles. The molecule has 1 aromatic heterocycles. The molecule has 0 aromatic carbocycles. The molecule has 1 N–H and O–H groups in total. The number of nitrogens with zero attached hydrogens (tertiary/aromatic N) is 1. The van der Waals surface area contributed by atoms with Gasteiger partial charge in [0.25, 0.3) is 0 Å². The van der Waals surface area contributed by atoms with E-state index in [2.05, 4.69) is 10.5 Å². The van der Waals surface area contributed by atoms with E-state index in [0.29, 0.717) is 12.6 Å². The van der Waals surface area contributed by atoms with Crippen molar-refractivity contribution in [2.45, 2.75) is 38.3 Å². The topological polar surface area (TPSA) is 34.2 Å². The van der Waals surface area contributed by atoms with Crippen LogP contribution >= 0.6 is 22.9 Å². The smallest absolute Gasteiger partial charge is 0.113 e. The van der Waals surface area contributed by atoms with Gasteiger partial charge >= 0.3 is 0 Å². The summed E-state index contributed by atoms with van der Waals surface area (Å²) in [4.78, 5) is 9.61. The second-order valence-electron chi connectivity index (χ2n) is 3.40. The van der Waals surface area contributed by atoms with Gasteiger partial charge in [0.1, 0.15) is 9.34 Å². The van der Waals surface area contributed by atoms with Gasteiger partial charge in [-0.25, -0.2) is 4.98 Å². The highest BCUT2D eigenvalue weighted by Gasteiger charge is 2.15. The van der Waals surface area contributed by atoms with Crippen LogP contribution in [0.15, 0.2) is 6.20 Å². The van der Waals surface area contributed by atoms with Crippen molar-refractivity contribution in [1.82, 2.24) is 10.5 Å². The number of hydroxylamine groups is 1. The lowest BCUT2D eigenvalue weighted by Gasteiger charge is -2.09. The van der Waals surface area contributed by atoms with E-state index in [1.54, 1.807) is 6.20 Å². The van der Waals surface area contributed by atoms with Gasteiger partial charge in [-0.05, 0) is 12.8 Å². The zero-order valence-electron chi connectivity index (χ0n) is 7.83. The number of nitrogens with one attached hydrogen (secondary N) is 1. The third-order valence-corrected chi connectivity index (χ3v) is 3.42. The molecule has 3 nitrogen and oxygen atoms in total. The van der Waals surface area contributed by atoms with Crippen molar-refractivity contribution in [3.05, 3.63) is 15.5 Å². The van der Waals surface area contributed by atoms with E-state index in [0.717, 1.165) is 9.34 Å². The zero-order valence-corrected chi connectivity index (χ0v) is 9.40. The van der Waals surface area contributed by atoms with E-state index < -0.39 is 0 Å². The molecule has 1 aromatic rings. The Hall–Kier alpha value is -0.160. The molecule has 0 atom stereocenters. The molecule has 78 valence electrons. The summed E-state index contributed by atoms with van der Waals surface area (Å²) in [7, 11) is 0. The van der Waals surface area contributed by atoms with Crippen LogP contribution in [0.2, 0.25) is 4.34 Å². The lowest BCUT2D eigenvalue weighted by atomic mass is 10.3. The number of thiazole rings is 1. The second-order valence-corrected chi connectivity index (χ2v) is 5.15. The highest BCUT2D eigenvalue weighted by atomic mass is 35.5. The monoisotopic (exact) mass is 232 g/mol. The molecular formula is C9H13ClN2OS. The van der Waals surface area contributed by atoms with Gasteiger partial charge in [0.15, 0.2) is 0 Å². The summed E-state index contributed by atoms with van der Waals surface area (Å²) in [6, 6.07) is 0. The van der Waals surface area contributed by atoms with Gasteiger partial charge in [0.2, 0.25) is 0 Å². The van der Waals surface area contributed by atoms with Gasteiger partial charge in [-0.3, -0.25) is 4.84 Å². The Labute approximate surface area is 92.4 Å². The largest absolute Gasteiger partial charge is 0.298 e. The SMILES string of the molecule is Clc1cnc(CNOC2CCCC2)s1. The molecule has 0 spiro atoms. The van der Waals surface area contributed by atoms with Gasteiger partial charge in [0.05, 0.1) is 18.8 Å². The molecule has 1 heterocycles. The van der Waals surface area contributed by atoms with Crippen molar-refractivity contribution >= 4 is 22.9 Å². The first-order valence-corrected chi connectivity index (χ1v) is 6.03. The van der Waals surface area contributed by atoms with E-state index in [1.807, 2.05) is 0 Å². The zero-order chi connectivity index (χ0) is 9.80.